The van der Waals surface area contributed by atoms with Gasteiger partial charge < -0.3 is 19.3 Å². The minimum atomic E-state index is -1.00. The number of benzene rings is 1. The average Bonchev–Trinajstić information content (AvgIpc) is 3.24. The van der Waals surface area contributed by atoms with Gasteiger partial charge in [-0.05, 0) is 49.9 Å². The Bertz CT molecular complexity index is 1240. The molecule has 1 fully saturated rings. The molecule has 1 aromatic carbocycles. The number of ether oxygens (including phenoxy) is 3. The van der Waals surface area contributed by atoms with E-state index in [0.717, 1.165) is 12.8 Å². The molecule has 3 aromatic rings. The lowest BCUT2D eigenvalue weighted by atomic mass is 9.87. The van der Waals surface area contributed by atoms with Crippen LogP contribution in [0.2, 0.25) is 0 Å². The molecule has 1 aliphatic rings. The van der Waals surface area contributed by atoms with Crippen molar-refractivity contribution in [1.29, 1.82) is 0 Å². The van der Waals surface area contributed by atoms with Crippen molar-refractivity contribution in [1.82, 2.24) is 20.0 Å². The average molecular weight is 497 g/mol. The topological polar surface area (TPSA) is 169 Å². The third-order valence-electron chi connectivity index (χ3n) is 5.78. The van der Waals surface area contributed by atoms with Crippen LogP contribution in [0.15, 0.2) is 42.6 Å². The van der Waals surface area contributed by atoms with Crippen LogP contribution in [0.5, 0.6) is 11.5 Å². The monoisotopic (exact) mass is 497 g/mol. The van der Waals surface area contributed by atoms with E-state index in [2.05, 4.69) is 15.3 Å². The molecule has 0 bridgehead atoms. The molecule has 2 atom stereocenters. The molecule has 0 spiro atoms. The van der Waals surface area contributed by atoms with E-state index in [-0.39, 0.29) is 24.1 Å². The van der Waals surface area contributed by atoms with Crippen LogP contribution < -0.4 is 9.47 Å². The van der Waals surface area contributed by atoms with Crippen molar-refractivity contribution in [3.8, 4) is 22.9 Å². The van der Waals surface area contributed by atoms with Gasteiger partial charge in [0.25, 0.3) is 5.69 Å². The maximum absolute atomic E-state index is 12.1. The van der Waals surface area contributed by atoms with Gasteiger partial charge in [0.15, 0.2) is 0 Å². The van der Waals surface area contributed by atoms with Crippen molar-refractivity contribution in [2.24, 2.45) is 13.0 Å². The van der Waals surface area contributed by atoms with E-state index in [4.69, 9.17) is 14.2 Å². The lowest BCUT2D eigenvalue weighted by Crippen LogP contribution is -2.29. The van der Waals surface area contributed by atoms with Gasteiger partial charge in [-0.1, -0.05) is 5.21 Å². The van der Waals surface area contributed by atoms with Crippen molar-refractivity contribution >= 4 is 17.8 Å². The van der Waals surface area contributed by atoms with E-state index in [0.29, 0.717) is 35.7 Å². The van der Waals surface area contributed by atoms with Crippen LogP contribution in [0, 0.1) is 16.0 Å². The van der Waals surface area contributed by atoms with Gasteiger partial charge in [-0.2, -0.15) is 0 Å². The summed E-state index contributed by atoms with van der Waals surface area (Å²) in [4.78, 5) is 37.9. The molecule has 1 saturated carbocycles. The number of carbonyl (C=O) groups is 2. The lowest BCUT2D eigenvalue weighted by molar-refractivity contribution is -0.384. The number of aromatic nitrogens is 4. The van der Waals surface area contributed by atoms with Gasteiger partial charge in [0, 0.05) is 19.2 Å². The second-order valence-electron chi connectivity index (χ2n) is 8.22. The van der Waals surface area contributed by atoms with Gasteiger partial charge in [-0.15, -0.1) is 5.10 Å². The highest BCUT2D eigenvalue weighted by Gasteiger charge is 2.28. The number of aryl methyl sites for hydroxylation is 1. The second-order valence-corrected chi connectivity index (χ2v) is 8.22. The fraction of sp³-hybridized carbons (Fsp3) is 0.348. The summed E-state index contributed by atoms with van der Waals surface area (Å²) in [6.07, 6.45) is 3.04. The molecule has 0 radical (unpaired) electrons. The van der Waals surface area contributed by atoms with Crippen LogP contribution in [0.1, 0.15) is 31.4 Å². The number of carbonyl (C=O) groups excluding carboxylic acids is 1. The molecule has 2 heterocycles. The van der Waals surface area contributed by atoms with Crippen LogP contribution >= 0.6 is 0 Å². The Morgan fingerprint density at radius 2 is 1.92 bits per heavy atom. The van der Waals surface area contributed by atoms with E-state index >= 15 is 0 Å². The fourth-order valence-corrected chi connectivity index (χ4v) is 3.89. The lowest BCUT2D eigenvalue weighted by Gasteiger charge is -2.27. The number of carboxylic acid groups (broad SMARTS) is 1. The molecule has 188 valence electrons. The van der Waals surface area contributed by atoms with Crippen molar-refractivity contribution in [3.05, 3.63) is 58.4 Å². The number of pyridine rings is 1. The summed E-state index contributed by atoms with van der Waals surface area (Å²) in [5.41, 5.74) is 1.21. The van der Waals surface area contributed by atoms with Crippen molar-refractivity contribution < 1.29 is 33.8 Å². The Morgan fingerprint density at radius 1 is 1.17 bits per heavy atom. The van der Waals surface area contributed by atoms with Crippen molar-refractivity contribution in [3.63, 3.8) is 0 Å². The molecule has 0 aliphatic heterocycles. The van der Waals surface area contributed by atoms with Crippen LogP contribution in [0.25, 0.3) is 11.4 Å². The molecule has 1 N–H and O–H groups in total. The Morgan fingerprint density at radius 3 is 2.58 bits per heavy atom. The summed E-state index contributed by atoms with van der Waals surface area (Å²) < 4.78 is 17.6. The molecule has 4 rings (SSSR count). The first kappa shape index (κ1) is 24.6. The first-order valence-electron chi connectivity index (χ1n) is 11.1. The van der Waals surface area contributed by atoms with Crippen LogP contribution in [-0.2, 0) is 23.2 Å². The Kier molecular flexibility index (Phi) is 7.37. The molecule has 0 amide bonds. The highest BCUT2D eigenvalue weighted by Crippen LogP contribution is 2.29. The van der Waals surface area contributed by atoms with E-state index in [9.17, 15) is 24.8 Å². The standard InChI is InChI=1S/C23H23N5O8/c1-27-20(13-34-23(31)36-16-7-5-15(6-8-16)28(32)33)21(25-26-27)19-10-9-18(12-24-19)35-17-4-2-3-14(11-17)22(29)30/h5-10,12,14,17H,2-4,11,13H2,1H3,(H,29,30)/t14-,17-/m0/s1. The van der Waals surface area contributed by atoms with Gasteiger partial charge in [0.1, 0.15) is 29.5 Å². The van der Waals surface area contributed by atoms with Crippen LogP contribution in [-0.4, -0.2) is 48.2 Å². The number of hydrogen-bond acceptors (Lipinski definition) is 10. The van der Waals surface area contributed by atoms with E-state index in [1.165, 1.54) is 35.1 Å². The first-order valence-corrected chi connectivity index (χ1v) is 11.1. The largest absolute Gasteiger partial charge is 0.514 e. The van der Waals surface area contributed by atoms with Gasteiger partial charge in [0.2, 0.25) is 0 Å². The maximum Gasteiger partial charge on any atom is 0.514 e. The number of nitro groups is 1. The molecular formula is C23H23N5O8. The Hall–Kier alpha value is -4.55. The number of non-ortho nitro benzene ring substituents is 1. The fourth-order valence-electron chi connectivity index (χ4n) is 3.89. The minimum Gasteiger partial charge on any atom is -0.489 e. The predicted molar refractivity (Wildman–Crippen MR) is 122 cm³/mol. The van der Waals surface area contributed by atoms with E-state index < -0.39 is 23.0 Å². The van der Waals surface area contributed by atoms with Gasteiger partial charge >= 0.3 is 12.1 Å². The smallest absolute Gasteiger partial charge is 0.489 e. The molecule has 36 heavy (non-hydrogen) atoms. The minimum absolute atomic E-state index is 0.0962. The Balaban J connectivity index is 1.36. The zero-order valence-electron chi connectivity index (χ0n) is 19.3. The van der Waals surface area contributed by atoms with Gasteiger partial charge in [-0.25, -0.2) is 9.48 Å². The first-order chi connectivity index (χ1) is 17.3. The summed E-state index contributed by atoms with van der Waals surface area (Å²) in [6, 6.07) is 8.41. The highest BCUT2D eigenvalue weighted by atomic mass is 16.7. The number of hydrogen-bond donors (Lipinski definition) is 1. The summed E-state index contributed by atoms with van der Waals surface area (Å²) in [5, 5.41) is 28.0. The van der Waals surface area contributed by atoms with Gasteiger partial charge in [0.05, 0.1) is 28.8 Å². The third-order valence-corrected chi connectivity index (χ3v) is 5.78. The summed E-state index contributed by atoms with van der Waals surface area (Å²) in [6.45, 7) is -0.205. The maximum atomic E-state index is 12.1. The molecule has 0 unspecified atom stereocenters. The van der Waals surface area contributed by atoms with E-state index in [1.54, 1.807) is 19.2 Å². The normalized spacial score (nSPS) is 17.2. The summed E-state index contributed by atoms with van der Waals surface area (Å²) in [5.74, 6) is -0.585. The van der Waals surface area contributed by atoms with E-state index in [1.807, 2.05) is 0 Å². The zero-order valence-corrected chi connectivity index (χ0v) is 19.3. The molecular weight excluding hydrogens is 474 g/mol. The van der Waals surface area contributed by atoms with Crippen molar-refractivity contribution in [2.75, 3.05) is 0 Å². The number of carboxylic acids is 1. The third kappa shape index (κ3) is 5.92. The number of aliphatic carboxylic acids is 1. The van der Waals surface area contributed by atoms with Crippen molar-refractivity contribution in [2.45, 2.75) is 38.4 Å². The zero-order chi connectivity index (χ0) is 25.7. The second kappa shape index (κ2) is 10.8. The van der Waals surface area contributed by atoms with Crippen LogP contribution in [0.3, 0.4) is 0 Å². The quantitative estimate of drug-likeness (QED) is 0.209. The molecule has 0 saturated heterocycles. The van der Waals surface area contributed by atoms with Crippen LogP contribution in [0.4, 0.5) is 10.5 Å². The molecule has 1 aliphatic carbocycles. The number of nitro benzene ring substituents is 1. The predicted octanol–water partition coefficient (Wildman–Crippen LogP) is 3.52. The molecule has 13 heteroatoms. The summed E-state index contributed by atoms with van der Waals surface area (Å²) in [7, 11) is 1.64. The summed E-state index contributed by atoms with van der Waals surface area (Å²) >= 11 is 0. The highest BCUT2D eigenvalue weighted by molar-refractivity contribution is 5.70. The van der Waals surface area contributed by atoms with Gasteiger partial charge in [-0.3, -0.25) is 19.9 Å². The SMILES string of the molecule is Cn1nnc(-c2ccc(O[C@H]3CCC[C@H](C(=O)O)C3)cn2)c1COC(=O)Oc1ccc([N+](=O)[O-])cc1. The molecule has 13 nitrogen and oxygen atoms in total. The Labute approximate surface area is 204 Å². The molecule has 2 aromatic heterocycles. The number of nitrogens with zero attached hydrogens (tertiary/aromatic N) is 5. The number of rotatable bonds is 8.